The zero-order valence-corrected chi connectivity index (χ0v) is 27.1. The van der Waals surface area contributed by atoms with E-state index in [1.54, 1.807) is 47.2 Å². The lowest BCUT2D eigenvalue weighted by Gasteiger charge is -2.39. The Kier molecular flexibility index (Phi) is 9.05. The van der Waals surface area contributed by atoms with Crippen molar-refractivity contribution in [3.05, 3.63) is 72.3 Å². The number of carbonyl (C=O) groups is 4. The molecule has 2 N–H and O–H groups in total. The molecular weight excluding hydrogens is 594 g/mol. The molecule has 3 heterocycles. The number of hydrogen-bond donors (Lipinski definition) is 2. The van der Waals surface area contributed by atoms with E-state index in [1.165, 1.54) is 11.8 Å². The highest BCUT2D eigenvalue weighted by Crippen LogP contribution is 2.60. The summed E-state index contributed by atoms with van der Waals surface area (Å²) in [5, 5.41) is 9.75. The van der Waals surface area contributed by atoms with Crippen molar-refractivity contribution in [2.75, 3.05) is 29.5 Å². The molecule has 0 aliphatic carbocycles. The van der Waals surface area contributed by atoms with Gasteiger partial charge in [-0.05, 0) is 36.9 Å². The molecule has 3 aliphatic heterocycles. The Morgan fingerprint density at radius 1 is 1.20 bits per heavy atom. The van der Waals surface area contributed by atoms with Gasteiger partial charge in [-0.2, -0.15) is 0 Å². The Balaban J connectivity index is 1.54. The van der Waals surface area contributed by atoms with E-state index >= 15 is 0 Å². The Hall–Kier alpha value is -3.84. The van der Waals surface area contributed by atoms with Crippen LogP contribution in [0.2, 0.25) is 18.6 Å². The molecule has 1 spiro atoms. The predicted octanol–water partition coefficient (Wildman–Crippen LogP) is 3.05. The first-order chi connectivity index (χ1) is 21.3. The van der Waals surface area contributed by atoms with Crippen molar-refractivity contribution >= 4 is 43.4 Å². The van der Waals surface area contributed by atoms with Gasteiger partial charge in [0, 0.05) is 49.3 Å². The average Bonchev–Trinajstić information content (AvgIpc) is 3.39. The molecule has 0 aromatic heterocycles. The fourth-order valence-corrected chi connectivity index (χ4v) is 9.78. The fourth-order valence-electron chi connectivity index (χ4n) is 7.23. The van der Waals surface area contributed by atoms with Gasteiger partial charge < -0.3 is 29.2 Å². The quantitative estimate of drug-likeness (QED) is 0.166. The number of β-lactam (4-membered cyclic amide) rings is 1. The number of benzene rings is 2. The number of amides is 3. The fraction of sp³-hybridized carbons (Fsp3) is 0.455. The topological polar surface area (TPSA) is 137 Å². The van der Waals surface area contributed by atoms with E-state index in [0.717, 1.165) is 5.56 Å². The van der Waals surface area contributed by atoms with E-state index in [-0.39, 0.29) is 50.3 Å². The molecule has 3 amide bonds. The van der Waals surface area contributed by atoms with Crippen molar-refractivity contribution < 1.29 is 38.6 Å². The smallest absolute Gasteiger partial charge is 0.304 e. The third kappa shape index (κ3) is 5.83. The minimum atomic E-state index is -3.06. The SMILES string of the molecule is C=CCN1C(=O)[C@]2(O[C@H](CC(=O)N(CCO)Cc3ccccc3)[C@@H]([Si](C)(C)O)[C@@H]2C)c2cc(N3C(=O)CC3OC(C)=O)ccc21. The summed E-state index contributed by atoms with van der Waals surface area (Å²) < 4.78 is 12.1. The van der Waals surface area contributed by atoms with Crippen LogP contribution in [0.25, 0.3) is 0 Å². The molecule has 2 saturated heterocycles. The molecule has 2 fully saturated rings. The number of rotatable bonds is 11. The molecular formula is C33H41N3O8Si. The van der Waals surface area contributed by atoms with Crippen LogP contribution in [0.15, 0.2) is 61.2 Å². The minimum absolute atomic E-state index is 0.0557. The van der Waals surface area contributed by atoms with Crippen LogP contribution in [0, 0.1) is 5.92 Å². The van der Waals surface area contributed by atoms with Crippen molar-refractivity contribution in [3.8, 4) is 0 Å². The molecule has 0 radical (unpaired) electrons. The monoisotopic (exact) mass is 635 g/mol. The number of anilines is 2. The molecule has 240 valence electrons. The van der Waals surface area contributed by atoms with Gasteiger partial charge in [-0.25, -0.2) is 0 Å². The highest BCUT2D eigenvalue weighted by molar-refractivity contribution is 6.71. The van der Waals surface area contributed by atoms with E-state index in [1.807, 2.05) is 37.3 Å². The van der Waals surface area contributed by atoms with Crippen LogP contribution in [0.3, 0.4) is 0 Å². The highest BCUT2D eigenvalue weighted by Gasteiger charge is 2.66. The maximum Gasteiger partial charge on any atom is 0.304 e. The van der Waals surface area contributed by atoms with Gasteiger partial charge in [-0.3, -0.25) is 24.1 Å². The van der Waals surface area contributed by atoms with Crippen LogP contribution < -0.4 is 9.80 Å². The van der Waals surface area contributed by atoms with Crippen molar-refractivity contribution in [2.24, 2.45) is 5.92 Å². The number of aliphatic hydroxyl groups excluding tert-OH is 1. The lowest BCUT2D eigenvalue weighted by molar-refractivity contribution is -0.154. The minimum Gasteiger partial charge on any atom is -0.441 e. The summed E-state index contributed by atoms with van der Waals surface area (Å²) >= 11 is 0. The maximum atomic E-state index is 14.4. The molecule has 3 aliphatic rings. The third-order valence-corrected chi connectivity index (χ3v) is 11.6. The first kappa shape index (κ1) is 32.5. The summed E-state index contributed by atoms with van der Waals surface area (Å²) in [4.78, 5) is 68.6. The lowest BCUT2D eigenvalue weighted by Crippen LogP contribution is -2.55. The van der Waals surface area contributed by atoms with Gasteiger partial charge in [0.1, 0.15) is 0 Å². The summed E-state index contributed by atoms with van der Waals surface area (Å²) in [6.07, 6.45) is 0.0311. The normalized spacial score (nSPS) is 25.7. The average molecular weight is 636 g/mol. The number of carbonyl (C=O) groups excluding carboxylic acids is 4. The Morgan fingerprint density at radius 2 is 1.91 bits per heavy atom. The predicted molar refractivity (Wildman–Crippen MR) is 169 cm³/mol. The van der Waals surface area contributed by atoms with Crippen LogP contribution in [0.1, 0.15) is 37.8 Å². The van der Waals surface area contributed by atoms with Crippen molar-refractivity contribution in [1.29, 1.82) is 0 Å². The molecule has 2 aromatic rings. The van der Waals surface area contributed by atoms with Gasteiger partial charge in [0.15, 0.2) is 20.1 Å². The molecule has 11 nitrogen and oxygen atoms in total. The third-order valence-electron chi connectivity index (χ3n) is 9.08. The summed E-state index contributed by atoms with van der Waals surface area (Å²) in [5.41, 5.74) is 0.427. The van der Waals surface area contributed by atoms with E-state index in [2.05, 4.69) is 6.58 Å². The van der Waals surface area contributed by atoms with Crippen LogP contribution in [0.5, 0.6) is 0 Å². The molecule has 45 heavy (non-hydrogen) atoms. The largest absolute Gasteiger partial charge is 0.441 e. The van der Waals surface area contributed by atoms with E-state index < -0.39 is 43.7 Å². The standard InChI is InChI=1S/C33H41N3O8Si/c1-6-14-35-26-13-12-24(36-29(40)19-30(36)43-22(3)38)17-25(26)33(32(35)41)21(2)31(45(4,5)42)27(44-33)18-28(39)34(15-16-37)20-23-10-8-7-9-11-23/h6-13,17,21,27,30-31,37,42H,1,14-16,18-20H2,2-5H3/t21-,27+,30?,31-,33+/m0/s1. The Morgan fingerprint density at radius 3 is 2.51 bits per heavy atom. The van der Waals surface area contributed by atoms with E-state index in [4.69, 9.17) is 9.47 Å². The molecule has 12 heteroatoms. The zero-order chi connectivity index (χ0) is 32.7. The molecule has 0 saturated carbocycles. The molecule has 5 rings (SSSR count). The van der Waals surface area contributed by atoms with Crippen LogP contribution >= 0.6 is 0 Å². The van der Waals surface area contributed by atoms with Crippen molar-refractivity contribution in [3.63, 3.8) is 0 Å². The lowest BCUT2D eigenvalue weighted by atomic mass is 9.82. The van der Waals surface area contributed by atoms with E-state index in [0.29, 0.717) is 23.5 Å². The second-order valence-corrected chi connectivity index (χ2v) is 16.5. The number of esters is 1. The summed E-state index contributed by atoms with van der Waals surface area (Å²) in [6, 6.07) is 14.6. The van der Waals surface area contributed by atoms with Gasteiger partial charge in [-0.1, -0.05) is 43.3 Å². The maximum absolute atomic E-state index is 14.4. The van der Waals surface area contributed by atoms with Gasteiger partial charge in [0.2, 0.25) is 11.8 Å². The van der Waals surface area contributed by atoms with Crippen molar-refractivity contribution in [1.82, 2.24) is 4.90 Å². The number of nitrogens with zero attached hydrogens (tertiary/aromatic N) is 3. The molecule has 2 aromatic carbocycles. The Bertz CT molecular complexity index is 1490. The molecule has 5 atom stereocenters. The summed E-state index contributed by atoms with van der Waals surface area (Å²) in [6.45, 7) is 10.9. The molecule has 1 unspecified atom stereocenters. The highest BCUT2D eigenvalue weighted by atomic mass is 28.4. The Labute approximate surface area is 264 Å². The first-order valence-electron chi connectivity index (χ1n) is 15.2. The second-order valence-electron chi connectivity index (χ2n) is 12.5. The van der Waals surface area contributed by atoms with Gasteiger partial charge in [0.05, 0.1) is 31.2 Å². The van der Waals surface area contributed by atoms with Crippen LogP contribution in [-0.2, 0) is 40.8 Å². The van der Waals surface area contributed by atoms with Gasteiger partial charge in [0.25, 0.3) is 5.91 Å². The van der Waals surface area contributed by atoms with Gasteiger partial charge in [-0.15, -0.1) is 6.58 Å². The van der Waals surface area contributed by atoms with Crippen LogP contribution in [0.4, 0.5) is 11.4 Å². The summed E-state index contributed by atoms with van der Waals surface area (Å²) in [7, 11) is -3.06. The summed E-state index contributed by atoms with van der Waals surface area (Å²) in [5.74, 6) is -1.86. The zero-order valence-electron chi connectivity index (χ0n) is 26.1. The van der Waals surface area contributed by atoms with Crippen LogP contribution in [-0.4, -0.2) is 78.8 Å². The number of hydrogen-bond acceptors (Lipinski definition) is 8. The second kappa shape index (κ2) is 12.5. The van der Waals surface area contributed by atoms with Gasteiger partial charge >= 0.3 is 5.97 Å². The molecule has 0 bridgehead atoms. The number of ether oxygens (including phenoxy) is 2. The van der Waals surface area contributed by atoms with E-state index in [9.17, 15) is 29.1 Å². The van der Waals surface area contributed by atoms with Crippen molar-refractivity contribution in [2.45, 2.75) is 69.8 Å². The number of aliphatic hydroxyl groups is 1. The number of fused-ring (bicyclic) bond motifs is 2. The first-order valence-corrected chi connectivity index (χ1v) is 18.2.